The molecule has 4 N–H and O–H groups in total. The molecule has 1 atom stereocenters. The van der Waals surface area contributed by atoms with Crippen LogP contribution in [0.3, 0.4) is 0 Å². The molecule has 1 aromatic carbocycles. The molecule has 3 heterocycles. The Balaban J connectivity index is 1.71. The topological polar surface area (TPSA) is 115 Å². The van der Waals surface area contributed by atoms with Gasteiger partial charge in [0.05, 0.1) is 23.0 Å². The lowest BCUT2D eigenvalue weighted by molar-refractivity contribution is -0.141. The van der Waals surface area contributed by atoms with Crippen LogP contribution in [0, 0.1) is 25.1 Å². The molecule has 192 valence electrons. The molecule has 0 bridgehead atoms. The Morgan fingerprint density at radius 1 is 1.30 bits per heavy atom. The second-order valence-corrected chi connectivity index (χ2v) is 8.29. The smallest absolute Gasteiger partial charge is 0.348 e. The Morgan fingerprint density at radius 2 is 2.05 bits per heavy atom. The highest BCUT2D eigenvalue weighted by molar-refractivity contribution is 5.96. The van der Waals surface area contributed by atoms with Crippen LogP contribution in [0.2, 0.25) is 0 Å². The van der Waals surface area contributed by atoms with Crippen LogP contribution in [0.1, 0.15) is 28.5 Å². The average molecular weight is 514 g/mol. The van der Waals surface area contributed by atoms with Gasteiger partial charge in [0.15, 0.2) is 17.2 Å². The summed E-state index contributed by atoms with van der Waals surface area (Å²) in [5, 5.41) is 9.13. The van der Waals surface area contributed by atoms with E-state index in [-0.39, 0.29) is 53.1 Å². The Kier molecular flexibility index (Phi) is 6.86. The number of nitrogens with one attached hydrogen (secondary N) is 2. The van der Waals surface area contributed by atoms with Gasteiger partial charge in [-0.2, -0.15) is 18.3 Å². The van der Waals surface area contributed by atoms with Gasteiger partial charge in [-0.05, 0) is 31.5 Å². The molecule has 0 fully saturated rings. The van der Waals surface area contributed by atoms with E-state index in [9.17, 15) is 22.4 Å². The number of anilines is 2. The highest BCUT2D eigenvalue weighted by Crippen LogP contribution is 2.37. The third-order valence-electron chi connectivity index (χ3n) is 5.50. The number of alkyl halides is 3. The van der Waals surface area contributed by atoms with Crippen LogP contribution in [0.4, 0.5) is 29.1 Å². The maximum Gasteiger partial charge on any atom is 0.435 e. The molecule has 0 saturated heterocycles. The quantitative estimate of drug-likeness (QED) is 0.257. The van der Waals surface area contributed by atoms with Gasteiger partial charge in [-0.15, -0.1) is 6.42 Å². The van der Waals surface area contributed by atoms with E-state index in [1.54, 1.807) is 19.9 Å². The van der Waals surface area contributed by atoms with Gasteiger partial charge in [0.25, 0.3) is 5.91 Å². The van der Waals surface area contributed by atoms with E-state index < -0.39 is 23.6 Å². The van der Waals surface area contributed by atoms with Gasteiger partial charge in [0.1, 0.15) is 12.4 Å². The van der Waals surface area contributed by atoms with E-state index >= 15 is 0 Å². The second kappa shape index (κ2) is 9.90. The first-order valence-electron chi connectivity index (χ1n) is 11.0. The molecule has 0 radical (unpaired) electrons. The fraction of sp³-hybridized carbons (Fsp3) is 0.250. The molecule has 0 unspecified atom stereocenters. The number of benzene rings is 1. The molecule has 0 aliphatic rings. The molecule has 4 aromatic rings. The Bertz CT molecular complexity index is 1490. The summed E-state index contributed by atoms with van der Waals surface area (Å²) in [5.74, 6) is 1.05. The fourth-order valence-corrected chi connectivity index (χ4v) is 3.79. The average Bonchev–Trinajstić information content (AvgIpc) is 3.43. The van der Waals surface area contributed by atoms with Crippen molar-refractivity contribution in [1.29, 1.82) is 0 Å². The van der Waals surface area contributed by atoms with Crippen LogP contribution >= 0.6 is 0 Å². The number of aromatic nitrogens is 5. The molecule has 0 aliphatic carbocycles. The standard InChI is InChI=1S/C24H22F4N8O/c1-4-6-35-12-16(20(34-35)24(26,27)28)18-11-31-22-21(30-5-7-36(18)22)33-15-8-13(2)19(17(25)9-15)23(37)32-14(3)10-29/h1,5,7-9,11-12,14H,6,10,29H2,2-3H3,(H,30,33)(H,32,37)/t14-/m1/s1. The molecule has 37 heavy (non-hydrogen) atoms. The highest BCUT2D eigenvalue weighted by atomic mass is 19.4. The first-order valence-corrected chi connectivity index (χ1v) is 11.0. The Labute approximate surface area is 208 Å². The minimum atomic E-state index is -4.72. The summed E-state index contributed by atoms with van der Waals surface area (Å²) >= 11 is 0. The van der Waals surface area contributed by atoms with Gasteiger partial charge in [0, 0.05) is 36.9 Å². The van der Waals surface area contributed by atoms with Crippen LogP contribution in [0.25, 0.3) is 16.9 Å². The number of nitrogens with zero attached hydrogens (tertiary/aromatic N) is 5. The van der Waals surface area contributed by atoms with Crippen molar-refractivity contribution >= 4 is 23.1 Å². The number of imidazole rings is 1. The maximum absolute atomic E-state index is 14.9. The van der Waals surface area contributed by atoms with Crippen molar-refractivity contribution in [2.75, 3.05) is 11.9 Å². The SMILES string of the molecule is C#CCn1cc(-c2cnc3c(Nc4cc(C)c(C(=O)N[C@H](C)CN)c(F)c4)nccn23)c(C(F)(F)F)n1. The van der Waals surface area contributed by atoms with Crippen LogP contribution in [-0.4, -0.2) is 42.6 Å². The number of carbonyl (C=O) groups is 1. The summed E-state index contributed by atoms with van der Waals surface area (Å²) in [6.07, 6.45) is 5.76. The van der Waals surface area contributed by atoms with Crippen LogP contribution in [0.15, 0.2) is 36.9 Å². The molecule has 1 amide bonds. The molecule has 3 aromatic heterocycles. The number of rotatable bonds is 7. The number of carbonyl (C=O) groups excluding carboxylic acids is 1. The summed E-state index contributed by atoms with van der Waals surface area (Å²) in [7, 11) is 0. The molecular weight excluding hydrogens is 492 g/mol. The van der Waals surface area contributed by atoms with Crippen molar-refractivity contribution in [3.8, 4) is 23.6 Å². The Hall–Kier alpha value is -4.44. The molecule has 9 nitrogen and oxygen atoms in total. The van der Waals surface area contributed by atoms with E-state index in [1.165, 1.54) is 29.2 Å². The highest BCUT2D eigenvalue weighted by Gasteiger charge is 2.38. The summed E-state index contributed by atoms with van der Waals surface area (Å²) in [6, 6.07) is 2.33. The molecule has 0 saturated carbocycles. The predicted octanol–water partition coefficient (Wildman–Crippen LogP) is 3.51. The molecule has 0 aliphatic heterocycles. The first-order chi connectivity index (χ1) is 17.5. The van der Waals surface area contributed by atoms with Gasteiger partial charge >= 0.3 is 6.18 Å². The van der Waals surface area contributed by atoms with Crippen molar-refractivity contribution in [3.05, 3.63) is 59.6 Å². The summed E-state index contributed by atoms with van der Waals surface area (Å²) in [4.78, 5) is 20.9. The Morgan fingerprint density at radius 3 is 2.70 bits per heavy atom. The van der Waals surface area contributed by atoms with Gasteiger partial charge < -0.3 is 16.4 Å². The van der Waals surface area contributed by atoms with Crippen LogP contribution < -0.4 is 16.4 Å². The normalized spacial score (nSPS) is 12.4. The lowest BCUT2D eigenvalue weighted by Crippen LogP contribution is -2.38. The largest absolute Gasteiger partial charge is 0.435 e. The van der Waals surface area contributed by atoms with Gasteiger partial charge in [0.2, 0.25) is 0 Å². The summed E-state index contributed by atoms with van der Waals surface area (Å²) in [5.41, 5.74) is 4.99. The van der Waals surface area contributed by atoms with Crippen molar-refractivity contribution in [3.63, 3.8) is 0 Å². The summed E-state index contributed by atoms with van der Waals surface area (Å²) in [6.45, 7) is 3.33. The van der Waals surface area contributed by atoms with Gasteiger partial charge in [-0.1, -0.05) is 5.92 Å². The monoisotopic (exact) mass is 514 g/mol. The fourth-order valence-electron chi connectivity index (χ4n) is 3.79. The number of amides is 1. The molecule has 0 spiro atoms. The van der Waals surface area contributed by atoms with E-state index in [4.69, 9.17) is 12.2 Å². The van der Waals surface area contributed by atoms with Crippen LogP contribution in [-0.2, 0) is 12.7 Å². The number of nitrogens with two attached hydrogens (primary N) is 1. The molecule has 4 rings (SSSR count). The van der Waals surface area contributed by atoms with Crippen molar-refractivity contribution in [2.24, 2.45) is 5.73 Å². The molecule has 13 heteroatoms. The van der Waals surface area contributed by atoms with Crippen LogP contribution in [0.5, 0.6) is 0 Å². The minimum Gasteiger partial charge on any atom is -0.348 e. The van der Waals surface area contributed by atoms with Crippen molar-refractivity contribution in [2.45, 2.75) is 32.6 Å². The zero-order valence-electron chi connectivity index (χ0n) is 19.8. The van der Waals surface area contributed by atoms with Crippen molar-refractivity contribution < 1.29 is 22.4 Å². The third-order valence-corrected chi connectivity index (χ3v) is 5.50. The van der Waals surface area contributed by atoms with E-state index in [1.807, 2.05) is 0 Å². The van der Waals surface area contributed by atoms with Crippen molar-refractivity contribution in [1.82, 2.24) is 29.5 Å². The second-order valence-electron chi connectivity index (χ2n) is 8.29. The minimum absolute atomic E-state index is 0.111. The van der Waals surface area contributed by atoms with Gasteiger partial charge in [-0.25, -0.2) is 14.4 Å². The number of aryl methyl sites for hydroxylation is 1. The zero-order valence-corrected chi connectivity index (χ0v) is 19.8. The first kappa shape index (κ1) is 25.6. The number of hydrogen-bond donors (Lipinski definition) is 3. The van der Waals surface area contributed by atoms with E-state index in [0.29, 0.717) is 5.56 Å². The number of terminal acetylenes is 1. The number of halogens is 4. The van der Waals surface area contributed by atoms with Gasteiger partial charge in [-0.3, -0.25) is 13.9 Å². The lowest BCUT2D eigenvalue weighted by atomic mass is 10.1. The van der Waals surface area contributed by atoms with E-state index in [2.05, 4.69) is 31.6 Å². The third kappa shape index (κ3) is 5.10. The number of fused-ring (bicyclic) bond motifs is 1. The maximum atomic E-state index is 14.9. The predicted molar refractivity (Wildman–Crippen MR) is 128 cm³/mol. The number of hydrogen-bond acceptors (Lipinski definition) is 6. The zero-order chi connectivity index (χ0) is 26.9. The summed E-state index contributed by atoms with van der Waals surface area (Å²) < 4.78 is 58.3. The lowest BCUT2D eigenvalue weighted by Gasteiger charge is -2.15. The van der Waals surface area contributed by atoms with E-state index in [0.717, 1.165) is 10.7 Å². The molecular formula is C24H22F4N8O.